The van der Waals surface area contributed by atoms with Crippen LogP contribution in [0.1, 0.15) is 24.8 Å². The summed E-state index contributed by atoms with van der Waals surface area (Å²) in [5, 5.41) is 7.36. The molecule has 2 aliphatic heterocycles. The largest absolute Gasteiger partial charge is 0.446 e. The molecule has 3 aliphatic rings. The number of hydrogen-bond acceptors (Lipinski definition) is 6. The molecule has 2 saturated heterocycles. The maximum atomic E-state index is 14.3. The van der Waals surface area contributed by atoms with E-state index in [1.165, 1.54) is 6.39 Å². The SMILES string of the molecule is CN1CCC(Oc2nnco2)CC1[C@]12CN(Cc3ccccc3)C[C@@]1(C(F)(F)F)C2. The van der Waals surface area contributed by atoms with Gasteiger partial charge in [0.1, 0.15) is 6.10 Å². The molecule has 5 rings (SSSR count). The first-order valence-electron chi connectivity index (χ1n) is 10.3. The summed E-state index contributed by atoms with van der Waals surface area (Å²) in [4.78, 5) is 4.07. The van der Waals surface area contributed by atoms with Crippen molar-refractivity contribution in [3.8, 4) is 6.08 Å². The van der Waals surface area contributed by atoms with E-state index in [4.69, 9.17) is 9.15 Å². The van der Waals surface area contributed by atoms with E-state index in [0.717, 1.165) is 12.0 Å². The fraction of sp³-hybridized carbons (Fsp3) is 0.619. The van der Waals surface area contributed by atoms with E-state index in [1.54, 1.807) is 0 Å². The molecule has 9 heteroatoms. The highest BCUT2D eigenvalue weighted by Gasteiger charge is 2.85. The summed E-state index contributed by atoms with van der Waals surface area (Å²) in [7, 11) is 1.93. The Bertz CT molecular complexity index is 878. The van der Waals surface area contributed by atoms with Crippen molar-refractivity contribution >= 4 is 0 Å². The number of nitrogens with zero attached hydrogens (tertiary/aromatic N) is 4. The van der Waals surface area contributed by atoms with Crippen molar-refractivity contribution < 1.29 is 22.3 Å². The van der Waals surface area contributed by atoms with Gasteiger partial charge in [-0.3, -0.25) is 4.90 Å². The van der Waals surface area contributed by atoms with Crippen LogP contribution >= 0.6 is 0 Å². The predicted octanol–water partition coefficient (Wildman–Crippen LogP) is 3.37. The number of ether oxygens (including phenoxy) is 1. The quantitative estimate of drug-likeness (QED) is 0.737. The average molecular weight is 422 g/mol. The van der Waals surface area contributed by atoms with Crippen LogP contribution in [-0.2, 0) is 6.54 Å². The second-order valence-electron chi connectivity index (χ2n) is 9.01. The summed E-state index contributed by atoms with van der Waals surface area (Å²) in [5.41, 5.74) is -1.40. The second kappa shape index (κ2) is 6.95. The van der Waals surface area contributed by atoms with Gasteiger partial charge in [0, 0.05) is 44.1 Å². The lowest BCUT2D eigenvalue weighted by Gasteiger charge is -2.42. The number of hydrogen-bond donors (Lipinski definition) is 0. The molecule has 6 nitrogen and oxygen atoms in total. The first kappa shape index (κ1) is 19.8. The monoisotopic (exact) mass is 422 g/mol. The van der Waals surface area contributed by atoms with Crippen LogP contribution in [-0.4, -0.2) is 65.0 Å². The molecular weight excluding hydrogens is 397 g/mol. The van der Waals surface area contributed by atoms with Gasteiger partial charge in [-0.05, 0) is 25.5 Å². The van der Waals surface area contributed by atoms with Crippen molar-refractivity contribution in [3.05, 3.63) is 42.3 Å². The number of piperidine rings is 2. The lowest BCUT2D eigenvalue weighted by molar-refractivity contribution is -0.197. The van der Waals surface area contributed by atoms with Gasteiger partial charge in [0.15, 0.2) is 0 Å². The number of halogens is 3. The lowest BCUT2D eigenvalue weighted by Crippen LogP contribution is -2.51. The van der Waals surface area contributed by atoms with Crippen molar-refractivity contribution in [2.45, 2.75) is 44.1 Å². The molecule has 1 aromatic heterocycles. The molecule has 3 heterocycles. The van der Waals surface area contributed by atoms with Gasteiger partial charge in [0.25, 0.3) is 0 Å². The zero-order valence-electron chi connectivity index (χ0n) is 16.8. The summed E-state index contributed by atoms with van der Waals surface area (Å²) < 4.78 is 53.8. The van der Waals surface area contributed by atoms with Crippen LogP contribution in [0.25, 0.3) is 0 Å². The summed E-state index contributed by atoms with van der Waals surface area (Å²) >= 11 is 0. The normalized spacial score (nSPS) is 34.7. The molecule has 0 amide bonds. The van der Waals surface area contributed by atoms with E-state index in [9.17, 15) is 13.2 Å². The van der Waals surface area contributed by atoms with Gasteiger partial charge in [-0.1, -0.05) is 35.4 Å². The molecule has 1 aromatic carbocycles. The Balaban J connectivity index is 1.38. The van der Waals surface area contributed by atoms with Gasteiger partial charge in [0.05, 0.1) is 5.41 Å². The first-order valence-corrected chi connectivity index (χ1v) is 10.3. The number of likely N-dealkylation sites (tertiary alicyclic amines) is 2. The van der Waals surface area contributed by atoms with Crippen LogP contribution in [0, 0.1) is 10.8 Å². The predicted molar refractivity (Wildman–Crippen MR) is 102 cm³/mol. The molecule has 4 atom stereocenters. The van der Waals surface area contributed by atoms with Gasteiger partial charge in [0.2, 0.25) is 6.39 Å². The number of benzene rings is 1. The van der Waals surface area contributed by atoms with Crippen LogP contribution in [0.2, 0.25) is 0 Å². The van der Waals surface area contributed by atoms with E-state index in [0.29, 0.717) is 26.1 Å². The molecule has 162 valence electrons. The van der Waals surface area contributed by atoms with Crippen LogP contribution in [0.15, 0.2) is 41.1 Å². The third-order valence-corrected chi connectivity index (χ3v) is 7.30. The van der Waals surface area contributed by atoms with E-state index in [1.807, 2.05) is 42.3 Å². The van der Waals surface area contributed by atoms with Crippen LogP contribution in [0.5, 0.6) is 6.08 Å². The lowest BCUT2D eigenvalue weighted by atomic mass is 9.81. The molecule has 0 N–H and O–H groups in total. The third-order valence-electron chi connectivity index (χ3n) is 7.30. The van der Waals surface area contributed by atoms with E-state index >= 15 is 0 Å². The Hall–Kier alpha value is -2.13. The van der Waals surface area contributed by atoms with Gasteiger partial charge >= 0.3 is 12.3 Å². The highest BCUT2D eigenvalue weighted by molar-refractivity contribution is 5.29. The van der Waals surface area contributed by atoms with Crippen molar-refractivity contribution in [1.82, 2.24) is 20.0 Å². The van der Waals surface area contributed by atoms with E-state index in [-0.39, 0.29) is 31.2 Å². The van der Waals surface area contributed by atoms with Crippen molar-refractivity contribution in [2.24, 2.45) is 10.8 Å². The van der Waals surface area contributed by atoms with E-state index in [2.05, 4.69) is 15.1 Å². The Morgan fingerprint density at radius 1 is 1.23 bits per heavy atom. The molecule has 0 spiro atoms. The Kier molecular flexibility index (Phi) is 4.59. The Labute approximate surface area is 173 Å². The second-order valence-corrected chi connectivity index (χ2v) is 9.01. The third kappa shape index (κ3) is 3.10. The average Bonchev–Trinajstić information content (AvgIpc) is 3.02. The van der Waals surface area contributed by atoms with Crippen LogP contribution < -0.4 is 4.74 Å². The number of rotatable bonds is 5. The van der Waals surface area contributed by atoms with Crippen molar-refractivity contribution in [2.75, 3.05) is 26.7 Å². The van der Waals surface area contributed by atoms with Gasteiger partial charge in [-0.2, -0.15) is 13.2 Å². The molecule has 0 radical (unpaired) electrons. The molecule has 1 aliphatic carbocycles. The standard InChI is InChI=1S/C21H25F3N4O2/c1-27-8-7-16(30-18-26-25-14-29-18)9-17(27)19-11-20(19,21(22,23)24)13-28(12-19)10-15-5-3-2-4-6-15/h2-6,14,16-17H,7-13H2,1H3/t16?,17?,19-,20-/m0/s1. The fourth-order valence-corrected chi connectivity index (χ4v) is 5.88. The van der Waals surface area contributed by atoms with Gasteiger partial charge in [-0.25, -0.2) is 0 Å². The molecule has 2 aromatic rings. The molecule has 30 heavy (non-hydrogen) atoms. The van der Waals surface area contributed by atoms with Crippen molar-refractivity contribution in [1.29, 1.82) is 0 Å². The topological polar surface area (TPSA) is 54.6 Å². The number of fused-ring (bicyclic) bond motifs is 1. The molecule has 3 fully saturated rings. The number of alkyl halides is 3. The zero-order chi connectivity index (χ0) is 21.0. The maximum Gasteiger partial charge on any atom is 0.414 e. The zero-order valence-corrected chi connectivity index (χ0v) is 16.8. The fourth-order valence-electron chi connectivity index (χ4n) is 5.88. The minimum Gasteiger partial charge on any atom is -0.446 e. The Morgan fingerprint density at radius 2 is 2.03 bits per heavy atom. The first-order chi connectivity index (χ1) is 14.3. The van der Waals surface area contributed by atoms with Gasteiger partial charge < -0.3 is 14.1 Å². The van der Waals surface area contributed by atoms with Crippen LogP contribution in [0.3, 0.4) is 0 Å². The minimum atomic E-state index is -4.22. The molecular formula is C21H25F3N4O2. The summed E-state index contributed by atoms with van der Waals surface area (Å²) in [6.07, 6.45) is -1.74. The highest BCUT2D eigenvalue weighted by atomic mass is 19.4. The minimum absolute atomic E-state index is 0.0604. The van der Waals surface area contributed by atoms with E-state index < -0.39 is 17.0 Å². The molecule has 0 bridgehead atoms. The molecule has 1 saturated carbocycles. The summed E-state index contributed by atoms with van der Waals surface area (Å²) in [6.45, 7) is 1.73. The maximum absolute atomic E-state index is 14.3. The summed E-state index contributed by atoms with van der Waals surface area (Å²) in [5.74, 6) is 0. The summed E-state index contributed by atoms with van der Waals surface area (Å²) in [6, 6.07) is 9.51. The highest BCUT2D eigenvalue weighted by Crippen LogP contribution is 2.77. The molecule has 2 unspecified atom stereocenters. The van der Waals surface area contributed by atoms with Crippen molar-refractivity contribution in [3.63, 3.8) is 0 Å². The Morgan fingerprint density at radius 3 is 2.73 bits per heavy atom. The smallest absolute Gasteiger partial charge is 0.414 e. The number of aromatic nitrogens is 2. The van der Waals surface area contributed by atoms with Crippen LogP contribution in [0.4, 0.5) is 13.2 Å². The van der Waals surface area contributed by atoms with Gasteiger partial charge in [-0.15, -0.1) is 5.10 Å².